The first-order chi connectivity index (χ1) is 10.7. The van der Waals surface area contributed by atoms with Gasteiger partial charge in [0.05, 0.1) is 13.2 Å². The van der Waals surface area contributed by atoms with E-state index in [4.69, 9.17) is 19.7 Å². The zero-order valence-corrected chi connectivity index (χ0v) is 12.0. The van der Waals surface area contributed by atoms with Crippen molar-refractivity contribution in [3.63, 3.8) is 0 Å². The van der Waals surface area contributed by atoms with Crippen LogP contribution < -0.4 is 0 Å². The van der Waals surface area contributed by atoms with Gasteiger partial charge in [-0.3, -0.25) is 0 Å². The summed E-state index contributed by atoms with van der Waals surface area (Å²) < 4.78 is 10.1. The summed E-state index contributed by atoms with van der Waals surface area (Å²) >= 11 is 0. The lowest BCUT2D eigenvalue weighted by atomic mass is 9.83. The highest BCUT2D eigenvalue weighted by atomic mass is 16.7. The molecule has 1 unspecified atom stereocenters. The van der Waals surface area contributed by atoms with Crippen molar-refractivity contribution in [1.29, 1.82) is 0 Å². The van der Waals surface area contributed by atoms with Crippen LogP contribution in [0.1, 0.15) is 0 Å². The van der Waals surface area contributed by atoms with E-state index in [0.29, 0.717) is 0 Å². The van der Waals surface area contributed by atoms with Crippen molar-refractivity contribution in [3.8, 4) is 0 Å². The van der Waals surface area contributed by atoms with Gasteiger partial charge in [0, 0.05) is 0 Å². The second-order valence-electron chi connectivity index (χ2n) is 5.77. The topological polar surface area (TPSA) is 201 Å². The molecule has 0 aromatic heterocycles. The summed E-state index contributed by atoms with van der Waals surface area (Å²) in [6, 6.07) is 0. The van der Waals surface area contributed by atoms with Crippen molar-refractivity contribution in [3.05, 3.63) is 0 Å². The van der Waals surface area contributed by atoms with Crippen molar-refractivity contribution in [2.24, 2.45) is 0 Å². The zero-order valence-electron chi connectivity index (χ0n) is 12.0. The molecule has 2 rings (SSSR count). The highest BCUT2D eigenvalue weighted by Gasteiger charge is 2.62. The number of hydrogen-bond donors (Lipinski definition) is 9. The number of aliphatic hydroxyl groups is 9. The molecule has 0 spiro atoms. The standard InChI is InChI=1S/C12H22O11/c13-1-3-5(15)7(17)9(19)11(22-3)12(21)10(20)8(18)6(16)4(2-14)23-12/h3-11,13-21H,1-2H2/t3-,4-,5-,6-,7+,8+,9-,10-,11?,12+/m1/s1. The van der Waals surface area contributed by atoms with Crippen molar-refractivity contribution < 1.29 is 55.4 Å². The average molecular weight is 342 g/mol. The summed E-state index contributed by atoms with van der Waals surface area (Å²) in [6.07, 6.45) is -16.1. The van der Waals surface area contributed by atoms with E-state index in [1.165, 1.54) is 0 Å². The fourth-order valence-electron chi connectivity index (χ4n) is 2.86. The Balaban J connectivity index is 2.33. The summed E-state index contributed by atoms with van der Waals surface area (Å²) in [5.74, 6) is -2.82. The van der Waals surface area contributed by atoms with Gasteiger partial charge < -0.3 is 55.4 Å². The van der Waals surface area contributed by atoms with Gasteiger partial charge in [-0.05, 0) is 0 Å². The van der Waals surface area contributed by atoms with Crippen molar-refractivity contribution >= 4 is 0 Å². The monoisotopic (exact) mass is 342 g/mol. The molecule has 9 N–H and O–H groups in total. The summed E-state index contributed by atoms with van der Waals surface area (Å²) in [4.78, 5) is 0. The van der Waals surface area contributed by atoms with Gasteiger partial charge in [0.2, 0.25) is 5.79 Å². The van der Waals surface area contributed by atoms with Gasteiger partial charge in [-0.1, -0.05) is 0 Å². The molecule has 136 valence electrons. The summed E-state index contributed by atoms with van der Waals surface area (Å²) in [5, 5.41) is 87.7. The van der Waals surface area contributed by atoms with Crippen molar-refractivity contribution in [2.45, 2.75) is 60.7 Å². The SMILES string of the molecule is OC[C@H]1O[C@](O)(C2O[C@H](CO)[C@@H](O)[C@H](O)[C@H]2O)[C@H](O)[C@@H](O)[C@@H]1O. The summed E-state index contributed by atoms with van der Waals surface area (Å²) in [5.41, 5.74) is 0. The number of hydrogen-bond acceptors (Lipinski definition) is 11. The van der Waals surface area contributed by atoms with Crippen LogP contribution in [0.5, 0.6) is 0 Å². The molecule has 0 bridgehead atoms. The first-order valence-corrected chi connectivity index (χ1v) is 7.04. The lowest BCUT2D eigenvalue weighted by Crippen LogP contribution is -2.75. The Bertz CT molecular complexity index is 404. The Kier molecular flexibility index (Phi) is 5.60. The van der Waals surface area contributed by atoms with E-state index in [1.54, 1.807) is 0 Å². The molecule has 0 amide bonds. The van der Waals surface area contributed by atoms with Gasteiger partial charge in [-0.25, -0.2) is 0 Å². The van der Waals surface area contributed by atoms with Gasteiger partial charge >= 0.3 is 0 Å². The van der Waals surface area contributed by atoms with E-state index in [-0.39, 0.29) is 0 Å². The third-order valence-electron chi connectivity index (χ3n) is 4.30. The number of ether oxygens (including phenoxy) is 2. The minimum Gasteiger partial charge on any atom is -0.394 e. The van der Waals surface area contributed by atoms with Crippen LogP contribution in [-0.2, 0) is 9.47 Å². The maximum Gasteiger partial charge on any atom is 0.225 e. The zero-order chi connectivity index (χ0) is 17.5. The van der Waals surface area contributed by atoms with Crippen LogP contribution in [0.15, 0.2) is 0 Å². The molecule has 0 aromatic carbocycles. The van der Waals surface area contributed by atoms with E-state index in [2.05, 4.69) is 0 Å². The molecule has 2 heterocycles. The quantitative estimate of drug-likeness (QED) is 0.236. The van der Waals surface area contributed by atoms with E-state index >= 15 is 0 Å². The number of rotatable bonds is 3. The van der Waals surface area contributed by atoms with Crippen LogP contribution in [-0.4, -0.2) is 120 Å². The Morgan fingerprint density at radius 1 is 0.696 bits per heavy atom. The molecule has 2 saturated heterocycles. The first kappa shape index (κ1) is 18.9. The molecule has 0 aliphatic carbocycles. The predicted octanol–water partition coefficient (Wildman–Crippen LogP) is -6.01. The molecule has 0 saturated carbocycles. The van der Waals surface area contributed by atoms with Crippen LogP contribution in [0.2, 0.25) is 0 Å². The fourth-order valence-corrected chi connectivity index (χ4v) is 2.86. The number of aliphatic hydroxyl groups excluding tert-OH is 8. The van der Waals surface area contributed by atoms with Crippen molar-refractivity contribution in [1.82, 2.24) is 0 Å². The maximum absolute atomic E-state index is 10.5. The largest absolute Gasteiger partial charge is 0.394 e. The summed E-state index contributed by atoms with van der Waals surface area (Å²) in [7, 11) is 0. The third-order valence-corrected chi connectivity index (χ3v) is 4.30. The van der Waals surface area contributed by atoms with Gasteiger partial charge in [-0.15, -0.1) is 0 Å². The van der Waals surface area contributed by atoms with Gasteiger partial charge in [-0.2, -0.15) is 0 Å². The van der Waals surface area contributed by atoms with Gasteiger partial charge in [0.15, 0.2) is 0 Å². The second kappa shape index (κ2) is 6.82. The molecule has 2 aliphatic rings. The molecule has 2 fully saturated rings. The highest BCUT2D eigenvalue weighted by molar-refractivity contribution is 5.05. The fraction of sp³-hybridized carbons (Fsp3) is 1.00. The Morgan fingerprint density at radius 2 is 1.22 bits per heavy atom. The third kappa shape index (κ3) is 2.99. The van der Waals surface area contributed by atoms with E-state index in [9.17, 15) is 35.7 Å². The van der Waals surface area contributed by atoms with E-state index in [1.807, 2.05) is 0 Å². The molecule has 11 heteroatoms. The van der Waals surface area contributed by atoms with Crippen LogP contribution in [0, 0.1) is 0 Å². The Morgan fingerprint density at radius 3 is 1.74 bits per heavy atom. The summed E-state index contributed by atoms with van der Waals surface area (Å²) in [6.45, 7) is -1.60. The normalized spacial score (nSPS) is 54.9. The van der Waals surface area contributed by atoms with E-state index < -0.39 is 73.9 Å². The van der Waals surface area contributed by atoms with Crippen molar-refractivity contribution in [2.75, 3.05) is 13.2 Å². The van der Waals surface area contributed by atoms with Crippen LogP contribution in [0.4, 0.5) is 0 Å². The smallest absolute Gasteiger partial charge is 0.225 e. The van der Waals surface area contributed by atoms with Crippen LogP contribution >= 0.6 is 0 Å². The lowest BCUT2D eigenvalue weighted by Gasteiger charge is -2.52. The van der Waals surface area contributed by atoms with Gasteiger partial charge in [0.25, 0.3) is 0 Å². The molecule has 0 aromatic rings. The Hall–Kier alpha value is -0.440. The first-order valence-electron chi connectivity index (χ1n) is 7.04. The predicted molar refractivity (Wildman–Crippen MR) is 68.7 cm³/mol. The molecular formula is C12H22O11. The molecule has 11 nitrogen and oxygen atoms in total. The Labute approximate surface area is 130 Å². The highest BCUT2D eigenvalue weighted by Crippen LogP contribution is 2.37. The molecular weight excluding hydrogens is 320 g/mol. The molecule has 23 heavy (non-hydrogen) atoms. The second-order valence-corrected chi connectivity index (χ2v) is 5.77. The molecule has 2 aliphatic heterocycles. The van der Waals surface area contributed by atoms with E-state index in [0.717, 1.165) is 0 Å². The average Bonchev–Trinajstić information content (AvgIpc) is 2.54. The van der Waals surface area contributed by atoms with Crippen LogP contribution in [0.25, 0.3) is 0 Å². The van der Waals surface area contributed by atoms with Crippen LogP contribution in [0.3, 0.4) is 0 Å². The minimum atomic E-state index is -2.82. The van der Waals surface area contributed by atoms with Gasteiger partial charge in [0.1, 0.15) is 54.9 Å². The minimum absolute atomic E-state index is 0.776. The molecule has 0 radical (unpaired) electrons. The molecule has 10 atom stereocenters. The maximum atomic E-state index is 10.5. The lowest BCUT2D eigenvalue weighted by molar-refractivity contribution is -0.406.